The van der Waals surface area contributed by atoms with Crippen molar-refractivity contribution in [1.82, 2.24) is 9.78 Å². The molecule has 0 spiro atoms. The minimum Gasteiger partial charge on any atom is -0.448 e. The SMILES string of the molecule is CCOC(=O)N=Cc1c(C)[nH]n(-c2cccc(Cl)c2)c1=O. The minimum atomic E-state index is -0.730. The molecule has 1 heterocycles. The number of ether oxygens (including phenoxy) is 1. The zero-order valence-corrected chi connectivity index (χ0v) is 12.3. The number of hydrogen-bond donors (Lipinski definition) is 1. The Hall–Kier alpha value is -2.34. The molecule has 0 saturated carbocycles. The molecule has 1 N–H and O–H groups in total. The zero-order valence-electron chi connectivity index (χ0n) is 11.6. The Bertz CT molecular complexity index is 746. The molecule has 0 aliphatic carbocycles. The summed E-state index contributed by atoms with van der Waals surface area (Å²) in [6, 6.07) is 6.86. The van der Waals surface area contributed by atoms with Gasteiger partial charge in [-0.15, -0.1) is 0 Å². The second-order valence-electron chi connectivity index (χ2n) is 4.23. The van der Waals surface area contributed by atoms with Gasteiger partial charge in [-0.2, -0.15) is 4.99 Å². The first-order valence-corrected chi connectivity index (χ1v) is 6.69. The first-order valence-electron chi connectivity index (χ1n) is 6.31. The van der Waals surface area contributed by atoms with Gasteiger partial charge in [-0.3, -0.25) is 9.89 Å². The molecule has 0 bridgehead atoms. The number of amides is 1. The van der Waals surface area contributed by atoms with Crippen LogP contribution in [0.25, 0.3) is 5.69 Å². The molecule has 0 aliphatic heterocycles. The van der Waals surface area contributed by atoms with Crippen molar-refractivity contribution in [2.75, 3.05) is 6.61 Å². The maximum absolute atomic E-state index is 12.3. The third-order valence-electron chi connectivity index (χ3n) is 2.75. The van der Waals surface area contributed by atoms with Gasteiger partial charge in [-0.25, -0.2) is 9.48 Å². The predicted octanol–water partition coefficient (Wildman–Crippen LogP) is 2.70. The molecule has 110 valence electrons. The number of H-pyrrole nitrogens is 1. The maximum atomic E-state index is 12.3. The van der Waals surface area contributed by atoms with Gasteiger partial charge in [-0.1, -0.05) is 17.7 Å². The lowest BCUT2D eigenvalue weighted by atomic mass is 10.3. The first-order chi connectivity index (χ1) is 10.0. The summed E-state index contributed by atoms with van der Waals surface area (Å²) in [5, 5.41) is 3.44. The molecule has 0 unspecified atom stereocenters. The molecule has 21 heavy (non-hydrogen) atoms. The summed E-state index contributed by atoms with van der Waals surface area (Å²) >= 11 is 5.91. The van der Waals surface area contributed by atoms with Gasteiger partial charge in [0.05, 0.1) is 17.9 Å². The number of nitrogens with zero attached hydrogens (tertiary/aromatic N) is 2. The van der Waals surface area contributed by atoms with E-state index in [2.05, 4.69) is 14.8 Å². The Labute approximate surface area is 126 Å². The van der Waals surface area contributed by atoms with Crippen LogP contribution in [0.4, 0.5) is 4.79 Å². The summed E-state index contributed by atoms with van der Waals surface area (Å²) in [6.45, 7) is 3.63. The van der Waals surface area contributed by atoms with E-state index in [1.807, 2.05) is 0 Å². The third-order valence-corrected chi connectivity index (χ3v) is 2.99. The van der Waals surface area contributed by atoms with Gasteiger partial charge in [0.15, 0.2) is 0 Å². The number of benzene rings is 1. The number of hydrogen-bond acceptors (Lipinski definition) is 3. The minimum absolute atomic E-state index is 0.231. The fourth-order valence-electron chi connectivity index (χ4n) is 1.79. The number of aromatic nitrogens is 2. The number of nitrogens with one attached hydrogen (secondary N) is 1. The lowest BCUT2D eigenvalue weighted by molar-refractivity contribution is 0.163. The second-order valence-corrected chi connectivity index (χ2v) is 4.66. The van der Waals surface area contributed by atoms with E-state index >= 15 is 0 Å². The number of aliphatic imine (C=N–C) groups is 1. The summed E-state index contributed by atoms with van der Waals surface area (Å²) in [5.74, 6) is 0. The molecular formula is C14H14ClN3O3. The van der Waals surface area contributed by atoms with Crippen LogP contribution in [0.3, 0.4) is 0 Å². The summed E-state index contributed by atoms with van der Waals surface area (Å²) < 4.78 is 6.02. The highest BCUT2D eigenvalue weighted by Crippen LogP contribution is 2.13. The first kappa shape index (κ1) is 15.1. The van der Waals surface area contributed by atoms with Crippen LogP contribution in [-0.2, 0) is 4.74 Å². The van der Waals surface area contributed by atoms with Crippen molar-refractivity contribution in [3.8, 4) is 5.69 Å². The van der Waals surface area contributed by atoms with E-state index in [-0.39, 0.29) is 12.2 Å². The van der Waals surface area contributed by atoms with Crippen LogP contribution in [-0.4, -0.2) is 28.7 Å². The summed E-state index contributed by atoms with van der Waals surface area (Å²) in [6.07, 6.45) is 0.472. The smallest absolute Gasteiger partial charge is 0.433 e. The van der Waals surface area contributed by atoms with E-state index in [0.717, 1.165) is 0 Å². The van der Waals surface area contributed by atoms with Crippen LogP contribution in [0.2, 0.25) is 5.02 Å². The van der Waals surface area contributed by atoms with Crippen LogP contribution >= 0.6 is 11.6 Å². The monoisotopic (exact) mass is 307 g/mol. The lowest BCUT2D eigenvalue weighted by Gasteiger charge is -2.01. The predicted molar refractivity (Wildman–Crippen MR) is 80.8 cm³/mol. The van der Waals surface area contributed by atoms with Gasteiger partial charge in [0.25, 0.3) is 5.56 Å². The summed E-state index contributed by atoms with van der Waals surface area (Å²) in [7, 11) is 0. The number of carbonyl (C=O) groups excluding carboxylic acids is 1. The highest BCUT2D eigenvalue weighted by atomic mass is 35.5. The van der Waals surface area contributed by atoms with E-state index in [4.69, 9.17) is 11.6 Å². The number of carbonyl (C=O) groups is 1. The van der Waals surface area contributed by atoms with Crippen LogP contribution in [0.5, 0.6) is 0 Å². The van der Waals surface area contributed by atoms with Crippen molar-refractivity contribution in [2.24, 2.45) is 4.99 Å². The Morgan fingerprint density at radius 2 is 2.29 bits per heavy atom. The molecular weight excluding hydrogens is 294 g/mol. The maximum Gasteiger partial charge on any atom is 0.433 e. The second kappa shape index (κ2) is 6.41. The highest BCUT2D eigenvalue weighted by Gasteiger charge is 2.11. The molecule has 2 aromatic rings. The van der Waals surface area contributed by atoms with Crippen molar-refractivity contribution < 1.29 is 9.53 Å². The zero-order chi connectivity index (χ0) is 15.4. The average molecular weight is 308 g/mol. The lowest BCUT2D eigenvalue weighted by Crippen LogP contribution is -2.17. The number of halogens is 1. The van der Waals surface area contributed by atoms with E-state index in [0.29, 0.717) is 22.0 Å². The number of rotatable bonds is 3. The third kappa shape index (κ3) is 3.41. The van der Waals surface area contributed by atoms with Crippen LogP contribution < -0.4 is 5.56 Å². The van der Waals surface area contributed by atoms with Crippen molar-refractivity contribution in [3.05, 3.63) is 50.9 Å². The van der Waals surface area contributed by atoms with Crippen molar-refractivity contribution in [3.63, 3.8) is 0 Å². The Kier molecular flexibility index (Phi) is 4.59. The molecule has 2 rings (SSSR count). The largest absolute Gasteiger partial charge is 0.448 e. The molecule has 0 aliphatic rings. The van der Waals surface area contributed by atoms with Gasteiger partial charge < -0.3 is 4.74 Å². The van der Waals surface area contributed by atoms with Crippen molar-refractivity contribution in [1.29, 1.82) is 0 Å². The number of aryl methyl sites for hydroxylation is 1. The molecule has 0 fully saturated rings. The summed E-state index contributed by atoms with van der Waals surface area (Å²) in [5.41, 5.74) is 1.17. The van der Waals surface area contributed by atoms with Crippen LogP contribution in [0.15, 0.2) is 34.1 Å². The van der Waals surface area contributed by atoms with Gasteiger partial charge in [0.1, 0.15) is 0 Å². The highest BCUT2D eigenvalue weighted by molar-refractivity contribution is 6.30. The van der Waals surface area contributed by atoms with E-state index in [9.17, 15) is 9.59 Å². The fraction of sp³-hybridized carbons (Fsp3) is 0.214. The summed E-state index contributed by atoms with van der Waals surface area (Å²) in [4.78, 5) is 27.1. The van der Waals surface area contributed by atoms with Gasteiger partial charge >= 0.3 is 6.09 Å². The van der Waals surface area contributed by atoms with Crippen molar-refractivity contribution in [2.45, 2.75) is 13.8 Å². The van der Waals surface area contributed by atoms with Crippen LogP contribution in [0.1, 0.15) is 18.2 Å². The number of aromatic amines is 1. The standard InChI is InChI=1S/C14H14ClN3O3/c1-3-21-14(20)16-8-12-9(2)17-18(13(12)19)11-6-4-5-10(15)7-11/h4-8,17H,3H2,1-2H3. The van der Waals surface area contributed by atoms with Gasteiger partial charge in [-0.05, 0) is 32.0 Å². The Balaban J connectivity index is 2.39. The molecule has 1 aromatic heterocycles. The van der Waals surface area contributed by atoms with Gasteiger partial charge in [0, 0.05) is 16.9 Å². The molecule has 0 saturated heterocycles. The topological polar surface area (TPSA) is 76.4 Å². The molecule has 1 aromatic carbocycles. The average Bonchev–Trinajstić information content (AvgIpc) is 2.72. The normalized spacial score (nSPS) is 11.0. The van der Waals surface area contributed by atoms with E-state index < -0.39 is 6.09 Å². The molecule has 1 amide bonds. The molecule has 6 nitrogen and oxygen atoms in total. The Morgan fingerprint density at radius 3 is 2.95 bits per heavy atom. The van der Waals surface area contributed by atoms with Crippen molar-refractivity contribution >= 4 is 23.9 Å². The van der Waals surface area contributed by atoms with E-state index in [1.54, 1.807) is 38.1 Å². The quantitative estimate of drug-likeness (QED) is 0.886. The van der Waals surface area contributed by atoms with E-state index in [1.165, 1.54) is 10.9 Å². The molecule has 0 atom stereocenters. The molecule has 7 heteroatoms. The molecule has 0 radical (unpaired) electrons. The van der Waals surface area contributed by atoms with Gasteiger partial charge in [0.2, 0.25) is 0 Å². The fourth-order valence-corrected chi connectivity index (χ4v) is 1.97. The Morgan fingerprint density at radius 1 is 1.52 bits per heavy atom. The van der Waals surface area contributed by atoms with Crippen LogP contribution in [0, 0.1) is 6.92 Å².